The lowest BCUT2D eigenvalue weighted by molar-refractivity contribution is 0.177. The number of benzene rings is 1. The Morgan fingerprint density at radius 3 is 2.86 bits per heavy atom. The molecule has 2 aromatic rings. The van der Waals surface area contributed by atoms with Crippen molar-refractivity contribution in [3.8, 4) is 11.7 Å². The number of hydrogen-bond donors (Lipinski definition) is 1. The van der Waals surface area contributed by atoms with Crippen LogP contribution < -0.4 is 10.1 Å². The molecule has 0 saturated carbocycles. The van der Waals surface area contributed by atoms with Crippen molar-refractivity contribution < 1.29 is 13.9 Å². The zero-order valence-corrected chi connectivity index (χ0v) is 12.2. The van der Waals surface area contributed by atoms with Gasteiger partial charge in [-0.1, -0.05) is 18.2 Å². The molecular formula is C17H21NO3. The summed E-state index contributed by atoms with van der Waals surface area (Å²) in [5.41, 5.74) is 0. The molecule has 1 N–H and O–H groups in total. The Balaban J connectivity index is 1.50. The zero-order chi connectivity index (χ0) is 14.5. The predicted octanol–water partition coefficient (Wildman–Crippen LogP) is 3.59. The first kappa shape index (κ1) is 14.2. The molecule has 0 aliphatic carbocycles. The van der Waals surface area contributed by atoms with Crippen molar-refractivity contribution in [1.29, 1.82) is 0 Å². The van der Waals surface area contributed by atoms with Crippen molar-refractivity contribution in [2.45, 2.75) is 25.9 Å². The van der Waals surface area contributed by atoms with E-state index >= 15 is 0 Å². The van der Waals surface area contributed by atoms with Gasteiger partial charge in [0, 0.05) is 18.7 Å². The molecule has 3 rings (SSSR count). The van der Waals surface area contributed by atoms with Crippen LogP contribution in [0.1, 0.15) is 19.1 Å². The molecule has 21 heavy (non-hydrogen) atoms. The fraction of sp³-hybridized carbons (Fsp3) is 0.412. The normalized spacial score (nSPS) is 19.6. The van der Waals surface area contributed by atoms with Gasteiger partial charge in [-0.25, -0.2) is 0 Å². The van der Waals surface area contributed by atoms with Gasteiger partial charge in [0.15, 0.2) is 0 Å². The summed E-state index contributed by atoms with van der Waals surface area (Å²) in [5, 5.41) is 3.49. The average Bonchev–Trinajstić information content (AvgIpc) is 3.17. The number of para-hydroxylation sites is 1. The molecule has 0 radical (unpaired) electrons. The first-order valence-electron chi connectivity index (χ1n) is 7.44. The van der Waals surface area contributed by atoms with E-state index < -0.39 is 0 Å². The highest BCUT2D eigenvalue weighted by molar-refractivity contribution is 5.26. The first-order valence-corrected chi connectivity index (χ1v) is 7.44. The molecule has 0 spiro atoms. The van der Waals surface area contributed by atoms with Crippen LogP contribution in [-0.4, -0.2) is 19.3 Å². The molecule has 4 nitrogen and oxygen atoms in total. The van der Waals surface area contributed by atoms with Crippen LogP contribution in [0, 0.1) is 5.92 Å². The molecule has 0 unspecified atom stereocenters. The molecule has 1 aromatic heterocycles. The number of rotatable bonds is 6. The summed E-state index contributed by atoms with van der Waals surface area (Å²) in [6.45, 7) is 4.64. The average molecular weight is 287 g/mol. The minimum Gasteiger partial charge on any atom is -0.429 e. The second-order valence-electron chi connectivity index (χ2n) is 5.43. The van der Waals surface area contributed by atoms with Gasteiger partial charge >= 0.3 is 0 Å². The van der Waals surface area contributed by atoms with Crippen molar-refractivity contribution in [2.75, 3.05) is 13.2 Å². The van der Waals surface area contributed by atoms with E-state index in [-0.39, 0.29) is 0 Å². The van der Waals surface area contributed by atoms with Crippen LogP contribution in [-0.2, 0) is 11.3 Å². The molecule has 2 heterocycles. The van der Waals surface area contributed by atoms with Crippen molar-refractivity contribution in [3.63, 3.8) is 0 Å². The SMILES string of the molecule is C[C@@H](NCc1ccc(Oc2ccccc2)o1)[C@H]1CCOC1. The van der Waals surface area contributed by atoms with Gasteiger partial charge in [0.2, 0.25) is 0 Å². The summed E-state index contributed by atoms with van der Waals surface area (Å²) in [6.07, 6.45) is 1.13. The molecule has 1 aliphatic rings. The fourth-order valence-electron chi connectivity index (χ4n) is 2.49. The van der Waals surface area contributed by atoms with Crippen molar-refractivity contribution in [3.05, 3.63) is 48.2 Å². The Labute approximate surface area is 125 Å². The maximum atomic E-state index is 5.68. The Bertz CT molecular complexity index is 546. The molecule has 2 atom stereocenters. The monoisotopic (exact) mass is 287 g/mol. The van der Waals surface area contributed by atoms with Gasteiger partial charge in [0.25, 0.3) is 5.95 Å². The molecule has 112 valence electrons. The molecular weight excluding hydrogens is 266 g/mol. The lowest BCUT2D eigenvalue weighted by Gasteiger charge is -2.18. The highest BCUT2D eigenvalue weighted by Gasteiger charge is 2.21. The van der Waals surface area contributed by atoms with E-state index in [1.807, 2.05) is 42.5 Å². The van der Waals surface area contributed by atoms with Crippen LogP contribution in [0.4, 0.5) is 0 Å². The third-order valence-electron chi connectivity index (χ3n) is 3.87. The van der Waals surface area contributed by atoms with Gasteiger partial charge < -0.3 is 19.2 Å². The maximum absolute atomic E-state index is 5.68. The zero-order valence-electron chi connectivity index (χ0n) is 12.2. The molecule has 0 amide bonds. The third kappa shape index (κ3) is 3.86. The molecule has 4 heteroatoms. The molecule has 1 fully saturated rings. The van der Waals surface area contributed by atoms with Crippen molar-refractivity contribution in [1.82, 2.24) is 5.32 Å². The third-order valence-corrected chi connectivity index (χ3v) is 3.87. The van der Waals surface area contributed by atoms with Gasteiger partial charge in [0.05, 0.1) is 13.2 Å². The predicted molar refractivity (Wildman–Crippen MR) is 80.5 cm³/mol. The van der Waals surface area contributed by atoms with Crippen LogP contribution in [0.15, 0.2) is 46.9 Å². The van der Waals surface area contributed by atoms with Gasteiger partial charge in [-0.3, -0.25) is 0 Å². The first-order chi connectivity index (χ1) is 10.3. The van der Waals surface area contributed by atoms with Crippen LogP contribution in [0.3, 0.4) is 0 Å². The van der Waals surface area contributed by atoms with E-state index in [0.717, 1.165) is 31.1 Å². The highest BCUT2D eigenvalue weighted by Crippen LogP contribution is 2.23. The van der Waals surface area contributed by atoms with Crippen molar-refractivity contribution >= 4 is 0 Å². The smallest absolute Gasteiger partial charge is 0.290 e. The van der Waals surface area contributed by atoms with Crippen LogP contribution in [0.2, 0.25) is 0 Å². The van der Waals surface area contributed by atoms with Gasteiger partial charge in [-0.2, -0.15) is 0 Å². The number of nitrogens with one attached hydrogen (secondary N) is 1. The Morgan fingerprint density at radius 2 is 2.10 bits per heavy atom. The molecule has 1 aliphatic heterocycles. The summed E-state index contributed by atoms with van der Waals surface area (Å²) >= 11 is 0. The Hall–Kier alpha value is -1.78. The van der Waals surface area contributed by atoms with Gasteiger partial charge in [-0.05, 0) is 37.5 Å². The lowest BCUT2D eigenvalue weighted by atomic mass is 10.0. The number of furan rings is 1. The largest absolute Gasteiger partial charge is 0.429 e. The fourth-order valence-corrected chi connectivity index (χ4v) is 2.49. The van der Waals surface area contributed by atoms with Gasteiger partial charge in [-0.15, -0.1) is 0 Å². The number of ether oxygens (including phenoxy) is 2. The van der Waals surface area contributed by atoms with Crippen molar-refractivity contribution in [2.24, 2.45) is 5.92 Å². The number of hydrogen-bond acceptors (Lipinski definition) is 4. The standard InChI is InChI=1S/C17H21NO3/c1-13(14-9-10-19-12-14)18-11-16-7-8-17(21-16)20-15-5-3-2-4-6-15/h2-8,13-14,18H,9-12H2,1H3/t13-,14+/m1/s1. The second kappa shape index (κ2) is 6.78. The summed E-state index contributed by atoms with van der Waals surface area (Å²) in [7, 11) is 0. The molecule has 0 bridgehead atoms. The Morgan fingerprint density at radius 1 is 1.24 bits per heavy atom. The minimum atomic E-state index is 0.427. The molecule has 1 saturated heterocycles. The second-order valence-corrected chi connectivity index (χ2v) is 5.43. The van der Waals surface area contributed by atoms with E-state index in [1.54, 1.807) is 0 Å². The van der Waals surface area contributed by atoms with E-state index in [1.165, 1.54) is 0 Å². The van der Waals surface area contributed by atoms with Crippen LogP contribution in [0.5, 0.6) is 11.7 Å². The lowest BCUT2D eigenvalue weighted by Crippen LogP contribution is -2.33. The minimum absolute atomic E-state index is 0.427. The van der Waals surface area contributed by atoms with Crippen LogP contribution in [0.25, 0.3) is 0 Å². The molecule has 1 aromatic carbocycles. The summed E-state index contributed by atoms with van der Waals surface area (Å²) in [4.78, 5) is 0. The van der Waals surface area contributed by atoms with E-state index in [9.17, 15) is 0 Å². The van der Waals surface area contributed by atoms with E-state index in [4.69, 9.17) is 13.9 Å². The Kier molecular flexibility index (Phi) is 4.58. The quantitative estimate of drug-likeness (QED) is 0.882. The highest BCUT2D eigenvalue weighted by atomic mass is 16.6. The summed E-state index contributed by atoms with van der Waals surface area (Å²) in [5.74, 6) is 2.78. The summed E-state index contributed by atoms with van der Waals surface area (Å²) < 4.78 is 16.8. The topological polar surface area (TPSA) is 43.6 Å². The van der Waals surface area contributed by atoms with E-state index in [0.29, 0.717) is 24.5 Å². The van der Waals surface area contributed by atoms with Crippen LogP contribution >= 0.6 is 0 Å². The van der Waals surface area contributed by atoms with E-state index in [2.05, 4.69) is 12.2 Å². The summed E-state index contributed by atoms with van der Waals surface area (Å²) in [6, 6.07) is 13.9. The maximum Gasteiger partial charge on any atom is 0.290 e. The van der Waals surface area contributed by atoms with Gasteiger partial charge in [0.1, 0.15) is 11.5 Å².